The molecule has 2 heterocycles. The van der Waals surface area contributed by atoms with Crippen LogP contribution < -0.4 is 0 Å². The summed E-state index contributed by atoms with van der Waals surface area (Å²) in [5.74, 6) is -0.961. The Kier molecular flexibility index (Phi) is 9.21. The summed E-state index contributed by atoms with van der Waals surface area (Å²) < 4.78 is 40.8. The zero-order chi connectivity index (χ0) is 26.8. The minimum absolute atomic E-state index is 0.101. The van der Waals surface area contributed by atoms with Crippen LogP contribution in [0.5, 0.6) is 0 Å². The number of likely N-dealkylation sites (N-methyl/N-ethyl adjacent to an activating group) is 1. The molecule has 0 bridgehead atoms. The Morgan fingerprint density at radius 2 is 1.61 bits per heavy atom. The molecule has 0 aromatic carbocycles. The van der Waals surface area contributed by atoms with Crippen molar-refractivity contribution in [2.45, 2.75) is 70.2 Å². The maximum Gasteiger partial charge on any atom is 0.426 e. The zero-order valence-electron chi connectivity index (χ0n) is 21.7. The topological polar surface area (TPSA) is 64.1 Å². The smallest absolute Gasteiger partial charge is 0.373 e. The van der Waals surface area contributed by atoms with Crippen molar-refractivity contribution < 1.29 is 27.9 Å². The summed E-state index contributed by atoms with van der Waals surface area (Å²) >= 11 is 6.41. The molecule has 2 aliphatic heterocycles. The maximum atomic E-state index is 13.6. The number of rotatable bonds is 6. The van der Waals surface area contributed by atoms with Gasteiger partial charge in [-0.05, 0) is 75.4 Å². The van der Waals surface area contributed by atoms with Crippen molar-refractivity contribution in [1.29, 1.82) is 0 Å². The molecule has 3 aliphatic rings. The molecule has 2 fully saturated rings. The van der Waals surface area contributed by atoms with Crippen LogP contribution in [0.2, 0.25) is 0 Å². The molecule has 10 heteroatoms. The van der Waals surface area contributed by atoms with Gasteiger partial charge in [0, 0.05) is 33.2 Å². The Balaban J connectivity index is 1.51. The zero-order valence-corrected chi connectivity index (χ0v) is 22.4. The number of hydrogen-bond acceptors (Lipinski definition) is 4. The van der Waals surface area contributed by atoms with Gasteiger partial charge in [0.05, 0.1) is 10.6 Å². The molecule has 36 heavy (non-hydrogen) atoms. The van der Waals surface area contributed by atoms with E-state index in [0.29, 0.717) is 35.3 Å². The van der Waals surface area contributed by atoms with Gasteiger partial charge in [-0.3, -0.25) is 14.5 Å². The van der Waals surface area contributed by atoms with E-state index in [4.69, 9.17) is 11.6 Å². The van der Waals surface area contributed by atoms with Crippen molar-refractivity contribution in [3.05, 3.63) is 22.8 Å². The van der Waals surface area contributed by atoms with Crippen molar-refractivity contribution in [2.75, 3.05) is 40.3 Å². The fourth-order valence-corrected chi connectivity index (χ4v) is 6.12. The summed E-state index contributed by atoms with van der Waals surface area (Å²) in [6.07, 6.45) is 2.24. The van der Waals surface area contributed by atoms with Crippen LogP contribution in [0.1, 0.15) is 52.4 Å². The molecule has 1 aliphatic carbocycles. The van der Waals surface area contributed by atoms with Crippen LogP contribution in [0.3, 0.4) is 0 Å². The Bertz CT molecular complexity index is 873. The van der Waals surface area contributed by atoms with Crippen LogP contribution in [-0.4, -0.2) is 89.7 Å². The first-order valence-electron chi connectivity index (χ1n) is 12.9. The molecule has 0 radical (unpaired) electrons. The maximum absolute atomic E-state index is 13.6. The van der Waals surface area contributed by atoms with Gasteiger partial charge in [-0.15, -0.1) is 0 Å². The van der Waals surface area contributed by atoms with Crippen LogP contribution in [0, 0.1) is 17.8 Å². The lowest BCUT2D eigenvalue weighted by Gasteiger charge is -2.43. The van der Waals surface area contributed by atoms with E-state index in [9.17, 15) is 27.9 Å². The molecule has 0 aromatic rings. The summed E-state index contributed by atoms with van der Waals surface area (Å²) in [6.45, 7) is 5.41. The molecule has 0 saturated carbocycles. The quantitative estimate of drug-likeness (QED) is 0.556. The number of amides is 2. The van der Waals surface area contributed by atoms with Gasteiger partial charge < -0.3 is 14.9 Å². The molecular formula is C26H39ClF3N3O3. The van der Waals surface area contributed by atoms with Crippen LogP contribution >= 0.6 is 11.6 Å². The minimum Gasteiger partial charge on any atom is -0.373 e. The highest BCUT2D eigenvalue weighted by Gasteiger charge is 2.60. The summed E-state index contributed by atoms with van der Waals surface area (Å²) in [6, 6.07) is 0.151. The van der Waals surface area contributed by atoms with Gasteiger partial charge in [-0.1, -0.05) is 31.5 Å². The average molecular weight is 534 g/mol. The second-order valence-corrected chi connectivity index (χ2v) is 11.5. The summed E-state index contributed by atoms with van der Waals surface area (Å²) in [4.78, 5) is 30.1. The van der Waals surface area contributed by atoms with E-state index >= 15 is 0 Å². The van der Waals surface area contributed by atoms with Crippen LogP contribution in [0.25, 0.3) is 0 Å². The van der Waals surface area contributed by atoms with Crippen molar-refractivity contribution >= 4 is 23.4 Å². The molecule has 0 spiro atoms. The predicted octanol–water partition coefficient (Wildman–Crippen LogP) is 4.19. The molecule has 2 atom stereocenters. The lowest BCUT2D eigenvalue weighted by atomic mass is 9.78. The van der Waals surface area contributed by atoms with Gasteiger partial charge in [-0.25, -0.2) is 0 Å². The molecular weight excluding hydrogens is 495 g/mol. The van der Waals surface area contributed by atoms with Gasteiger partial charge in [-0.2, -0.15) is 13.2 Å². The normalized spacial score (nSPS) is 24.8. The van der Waals surface area contributed by atoms with Gasteiger partial charge in [0.15, 0.2) is 0 Å². The first-order valence-corrected chi connectivity index (χ1v) is 13.2. The highest BCUT2D eigenvalue weighted by molar-refractivity contribution is 6.35. The number of halogens is 4. The molecule has 204 valence electrons. The monoisotopic (exact) mass is 533 g/mol. The highest BCUT2D eigenvalue weighted by Crippen LogP contribution is 2.39. The van der Waals surface area contributed by atoms with E-state index in [-0.39, 0.29) is 25.0 Å². The minimum atomic E-state index is -5.00. The first-order chi connectivity index (χ1) is 16.7. The third-order valence-electron chi connectivity index (χ3n) is 7.86. The Labute approximate surface area is 217 Å². The molecule has 2 unspecified atom stereocenters. The van der Waals surface area contributed by atoms with Crippen molar-refractivity contribution in [1.82, 2.24) is 14.7 Å². The van der Waals surface area contributed by atoms with E-state index in [1.807, 2.05) is 12.2 Å². The Morgan fingerprint density at radius 1 is 1.08 bits per heavy atom. The fourth-order valence-electron chi connectivity index (χ4n) is 5.82. The van der Waals surface area contributed by atoms with Crippen LogP contribution in [0.15, 0.2) is 22.8 Å². The number of nitrogens with zero attached hydrogens (tertiary/aromatic N) is 3. The molecule has 0 aromatic heterocycles. The number of carbonyl (C=O) groups excluding carboxylic acids is 2. The van der Waals surface area contributed by atoms with Crippen LogP contribution in [-0.2, 0) is 9.59 Å². The van der Waals surface area contributed by atoms with E-state index in [2.05, 4.69) is 4.90 Å². The molecule has 6 nitrogen and oxygen atoms in total. The lowest BCUT2D eigenvalue weighted by molar-refractivity contribution is -0.261. The van der Waals surface area contributed by atoms with Crippen molar-refractivity contribution in [3.8, 4) is 0 Å². The molecule has 2 saturated heterocycles. The number of carbonyl (C=O) groups is 2. The molecule has 1 N–H and O–H groups in total. The fraction of sp³-hybridized carbons (Fsp3) is 0.769. The number of likely N-dealkylation sites (tertiary alicyclic amines) is 2. The van der Waals surface area contributed by atoms with E-state index in [1.165, 1.54) is 9.80 Å². The van der Waals surface area contributed by atoms with Crippen molar-refractivity contribution in [3.63, 3.8) is 0 Å². The average Bonchev–Trinajstić information content (AvgIpc) is 2.82. The second-order valence-electron chi connectivity index (χ2n) is 11.1. The van der Waals surface area contributed by atoms with Gasteiger partial charge in [0.1, 0.15) is 0 Å². The Morgan fingerprint density at radius 3 is 2.06 bits per heavy atom. The molecule has 3 rings (SSSR count). The van der Waals surface area contributed by atoms with E-state index in [1.54, 1.807) is 27.9 Å². The standard InChI is InChI=1S/C26H39ClF3N3O3/c1-17(2)16-25(36,26(28,29)30)24(35)33-13-9-19(10-14-33)18-7-11-32(12-8-18)20-5-6-21(22(27)15-20)23(34)31(3)4/h6,15,17-20,36H,5,7-14,16H2,1-4H3. The summed E-state index contributed by atoms with van der Waals surface area (Å²) in [7, 11) is 3.40. The summed E-state index contributed by atoms with van der Waals surface area (Å²) in [5, 5.41) is 10.8. The van der Waals surface area contributed by atoms with Gasteiger partial charge >= 0.3 is 6.18 Å². The van der Waals surface area contributed by atoms with E-state index < -0.39 is 30.0 Å². The first kappa shape index (κ1) is 29.0. The van der Waals surface area contributed by atoms with Gasteiger partial charge in [0.25, 0.3) is 11.8 Å². The van der Waals surface area contributed by atoms with Crippen molar-refractivity contribution in [2.24, 2.45) is 17.8 Å². The Hall–Kier alpha value is -1.58. The highest BCUT2D eigenvalue weighted by atomic mass is 35.5. The van der Waals surface area contributed by atoms with E-state index in [0.717, 1.165) is 32.4 Å². The number of alkyl halides is 3. The summed E-state index contributed by atoms with van der Waals surface area (Å²) in [5.41, 5.74) is -2.78. The number of hydrogen-bond donors (Lipinski definition) is 1. The largest absolute Gasteiger partial charge is 0.426 e. The number of aliphatic hydroxyl groups is 1. The third-order valence-corrected chi connectivity index (χ3v) is 8.19. The van der Waals surface area contributed by atoms with Gasteiger partial charge in [0.2, 0.25) is 5.60 Å². The molecule has 2 amide bonds. The predicted molar refractivity (Wildman–Crippen MR) is 133 cm³/mol. The lowest BCUT2D eigenvalue weighted by Crippen LogP contribution is -2.60. The SMILES string of the molecule is CC(C)CC(O)(C(=O)N1CCC(C2CCN(C3C=C(Cl)C(C(=O)N(C)C)=CC3)CC2)CC1)C(F)(F)F. The third kappa shape index (κ3) is 6.27. The van der Waals surface area contributed by atoms with Crippen LogP contribution in [0.4, 0.5) is 13.2 Å². The number of piperidine rings is 2. The second kappa shape index (κ2) is 11.4.